The Morgan fingerprint density at radius 3 is 2.70 bits per heavy atom. The van der Waals surface area contributed by atoms with Gasteiger partial charge in [-0.15, -0.1) is 0 Å². The smallest absolute Gasteiger partial charge is 0.274 e. The Kier molecular flexibility index (Phi) is 9.97. The van der Waals surface area contributed by atoms with Crippen LogP contribution in [0.15, 0.2) is 67.1 Å². The fourth-order valence-electron chi connectivity index (χ4n) is 5.93. The van der Waals surface area contributed by atoms with E-state index in [1.807, 2.05) is 61.5 Å². The number of pyridine rings is 1. The van der Waals surface area contributed by atoms with Crippen molar-refractivity contribution in [1.29, 1.82) is 0 Å². The zero-order chi connectivity index (χ0) is 31.9. The van der Waals surface area contributed by atoms with Crippen LogP contribution in [0.3, 0.4) is 0 Å². The topological polar surface area (TPSA) is 132 Å². The SMILES string of the molecule is CN(C)C/C=C/C(=O)N[C@@H]1CCCN(Cc2ccnc(C(=O)Nc3ccc(-c4cc5c(N6CCOCC6)ncnc5[nH]4)cc3)c2)C1. The molecular weight excluding hydrogens is 582 g/mol. The van der Waals surface area contributed by atoms with Gasteiger partial charge in [-0.05, 0) is 74.9 Å². The zero-order valence-corrected chi connectivity index (χ0v) is 26.4. The van der Waals surface area contributed by atoms with E-state index in [0.717, 1.165) is 79.2 Å². The first-order valence-corrected chi connectivity index (χ1v) is 15.8. The van der Waals surface area contributed by atoms with E-state index in [4.69, 9.17) is 4.74 Å². The number of likely N-dealkylation sites (N-methyl/N-ethyl adjacent to an activating group) is 1. The number of hydrogen-bond acceptors (Lipinski definition) is 9. The van der Waals surface area contributed by atoms with Crippen LogP contribution in [0.4, 0.5) is 11.5 Å². The van der Waals surface area contributed by atoms with Crippen LogP contribution >= 0.6 is 0 Å². The molecule has 46 heavy (non-hydrogen) atoms. The van der Waals surface area contributed by atoms with E-state index >= 15 is 0 Å². The number of aromatic amines is 1. The largest absolute Gasteiger partial charge is 0.378 e. The normalized spacial score (nSPS) is 17.5. The summed E-state index contributed by atoms with van der Waals surface area (Å²) in [7, 11) is 3.94. The number of ether oxygens (including phenoxy) is 1. The van der Waals surface area contributed by atoms with Crippen LogP contribution in [-0.2, 0) is 16.1 Å². The van der Waals surface area contributed by atoms with Crippen molar-refractivity contribution in [2.45, 2.75) is 25.4 Å². The molecule has 12 heteroatoms. The van der Waals surface area contributed by atoms with Gasteiger partial charge in [0.1, 0.15) is 23.5 Å². The predicted octanol–water partition coefficient (Wildman–Crippen LogP) is 3.31. The van der Waals surface area contributed by atoms with Gasteiger partial charge in [0.25, 0.3) is 5.91 Å². The maximum absolute atomic E-state index is 13.1. The van der Waals surface area contributed by atoms with Gasteiger partial charge in [-0.3, -0.25) is 19.5 Å². The number of carbonyl (C=O) groups is 2. The lowest BCUT2D eigenvalue weighted by Gasteiger charge is -2.33. The molecule has 12 nitrogen and oxygen atoms in total. The minimum Gasteiger partial charge on any atom is -0.378 e. The summed E-state index contributed by atoms with van der Waals surface area (Å²) in [6.45, 7) is 6.09. The third kappa shape index (κ3) is 7.94. The Hall–Kier alpha value is -4.65. The molecule has 2 amide bonds. The number of H-pyrrole nitrogens is 1. The number of aromatic nitrogens is 4. The average Bonchev–Trinajstić information content (AvgIpc) is 3.50. The first kappa shape index (κ1) is 31.3. The van der Waals surface area contributed by atoms with E-state index in [0.29, 0.717) is 31.1 Å². The summed E-state index contributed by atoms with van der Waals surface area (Å²) in [5.41, 5.74) is 4.74. The highest BCUT2D eigenvalue weighted by Crippen LogP contribution is 2.29. The number of benzene rings is 1. The molecular formula is C34H41N9O3. The van der Waals surface area contributed by atoms with E-state index in [2.05, 4.69) is 46.4 Å². The number of nitrogens with one attached hydrogen (secondary N) is 3. The van der Waals surface area contributed by atoms with E-state index in [1.54, 1.807) is 18.6 Å². The van der Waals surface area contributed by atoms with Crippen molar-refractivity contribution < 1.29 is 14.3 Å². The number of rotatable bonds is 10. The minimum atomic E-state index is -0.265. The average molecular weight is 624 g/mol. The van der Waals surface area contributed by atoms with Crippen LogP contribution in [0, 0.1) is 0 Å². The number of hydrogen-bond donors (Lipinski definition) is 3. The molecule has 0 unspecified atom stereocenters. The predicted molar refractivity (Wildman–Crippen MR) is 179 cm³/mol. The van der Waals surface area contributed by atoms with E-state index in [9.17, 15) is 9.59 Å². The van der Waals surface area contributed by atoms with Crippen molar-refractivity contribution in [3.8, 4) is 11.3 Å². The van der Waals surface area contributed by atoms with Gasteiger partial charge in [0.2, 0.25) is 5.91 Å². The second-order valence-electron chi connectivity index (χ2n) is 12.1. The summed E-state index contributed by atoms with van der Waals surface area (Å²) in [6, 6.07) is 13.7. The Labute approximate surface area is 268 Å². The van der Waals surface area contributed by atoms with E-state index in [1.165, 1.54) is 0 Å². The van der Waals surface area contributed by atoms with Gasteiger partial charge in [-0.25, -0.2) is 9.97 Å². The molecule has 2 aliphatic heterocycles. The summed E-state index contributed by atoms with van der Waals surface area (Å²) in [6.07, 6.45) is 8.70. The lowest BCUT2D eigenvalue weighted by Crippen LogP contribution is -2.47. The molecule has 4 aromatic rings. The molecule has 0 bridgehead atoms. The Morgan fingerprint density at radius 1 is 1.07 bits per heavy atom. The van der Waals surface area contributed by atoms with Crippen LogP contribution < -0.4 is 15.5 Å². The van der Waals surface area contributed by atoms with E-state index in [-0.39, 0.29) is 17.9 Å². The quantitative estimate of drug-likeness (QED) is 0.228. The number of anilines is 2. The lowest BCUT2D eigenvalue weighted by atomic mass is 10.0. The van der Waals surface area contributed by atoms with Crippen LogP contribution in [-0.4, -0.2) is 108 Å². The van der Waals surface area contributed by atoms with Gasteiger partial charge in [-0.1, -0.05) is 18.2 Å². The molecule has 0 saturated carbocycles. The molecule has 3 N–H and O–H groups in total. The summed E-state index contributed by atoms with van der Waals surface area (Å²) in [5, 5.41) is 7.07. The number of likely N-dealkylation sites (tertiary alicyclic amines) is 1. The molecule has 3 aromatic heterocycles. The molecule has 1 atom stereocenters. The fraction of sp³-hybridized carbons (Fsp3) is 0.382. The number of nitrogens with zero attached hydrogens (tertiary/aromatic N) is 6. The first-order valence-electron chi connectivity index (χ1n) is 15.8. The molecule has 2 aliphatic rings. The second-order valence-corrected chi connectivity index (χ2v) is 12.1. The van der Waals surface area contributed by atoms with Crippen molar-refractivity contribution in [3.05, 3.63) is 78.4 Å². The Morgan fingerprint density at radius 2 is 1.89 bits per heavy atom. The zero-order valence-electron chi connectivity index (χ0n) is 26.4. The molecule has 2 saturated heterocycles. The summed E-state index contributed by atoms with van der Waals surface area (Å²) in [4.78, 5) is 48.7. The lowest BCUT2D eigenvalue weighted by molar-refractivity contribution is -0.117. The number of amides is 2. The third-order valence-corrected chi connectivity index (χ3v) is 8.22. The van der Waals surface area contributed by atoms with Gasteiger partial charge in [-0.2, -0.15) is 0 Å². The van der Waals surface area contributed by atoms with Crippen molar-refractivity contribution in [2.75, 3.05) is 70.2 Å². The molecule has 6 rings (SSSR count). The fourth-order valence-corrected chi connectivity index (χ4v) is 5.93. The maximum atomic E-state index is 13.1. The monoisotopic (exact) mass is 623 g/mol. The van der Waals surface area contributed by atoms with Crippen LogP contribution in [0.25, 0.3) is 22.3 Å². The van der Waals surface area contributed by atoms with Gasteiger partial charge < -0.3 is 30.2 Å². The van der Waals surface area contributed by atoms with Crippen molar-refractivity contribution in [2.24, 2.45) is 0 Å². The van der Waals surface area contributed by atoms with Crippen molar-refractivity contribution in [1.82, 2.24) is 35.1 Å². The highest BCUT2D eigenvalue weighted by molar-refractivity contribution is 6.03. The van der Waals surface area contributed by atoms with E-state index < -0.39 is 0 Å². The molecule has 5 heterocycles. The van der Waals surface area contributed by atoms with Crippen molar-refractivity contribution >= 4 is 34.4 Å². The Bertz CT molecular complexity index is 1680. The van der Waals surface area contributed by atoms with Gasteiger partial charge in [0.05, 0.1) is 18.6 Å². The minimum absolute atomic E-state index is 0.0573. The molecule has 240 valence electrons. The molecule has 0 aliphatic carbocycles. The summed E-state index contributed by atoms with van der Waals surface area (Å²) in [5.74, 6) is 0.585. The van der Waals surface area contributed by atoms with Crippen molar-refractivity contribution in [3.63, 3.8) is 0 Å². The number of carbonyl (C=O) groups excluding carboxylic acids is 2. The van der Waals surface area contributed by atoms with Crippen LogP contribution in [0.5, 0.6) is 0 Å². The molecule has 2 fully saturated rings. The standard InChI is InChI=1S/C34H41N9O3/c1-41(2)13-4-6-31(44)38-27-5-3-14-42(22-27)21-24-11-12-35-30(19-24)34(45)39-26-9-7-25(8-10-26)29-20-28-32(40-29)36-23-37-33(28)43-15-17-46-18-16-43/h4,6-12,19-20,23,27H,3,5,13-18,21-22H2,1-2H3,(H,38,44)(H,39,45)(H,36,37,40)/b6-4+/t27-/m1/s1. The van der Waals surface area contributed by atoms with Gasteiger partial charge in [0.15, 0.2) is 0 Å². The maximum Gasteiger partial charge on any atom is 0.274 e. The number of morpholine rings is 1. The summed E-state index contributed by atoms with van der Waals surface area (Å²) >= 11 is 0. The third-order valence-electron chi connectivity index (χ3n) is 8.22. The van der Waals surface area contributed by atoms with Gasteiger partial charge in [0, 0.05) is 62.4 Å². The number of fused-ring (bicyclic) bond motifs is 1. The van der Waals surface area contributed by atoms with Gasteiger partial charge >= 0.3 is 0 Å². The molecule has 0 spiro atoms. The highest BCUT2D eigenvalue weighted by atomic mass is 16.5. The molecule has 1 aromatic carbocycles. The molecule has 0 radical (unpaired) electrons. The van der Waals surface area contributed by atoms with Crippen LogP contribution in [0.2, 0.25) is 0 Å². The van der Waals surface area contributed by atoms with Crippen LogP contribution in [0.1, 0.15) is 28.9 Å². The Balaban J connectivity index is 1.05. The summed E-state index contributed by atoms with van der Waals surface area (Å²) < 4.78 is 5.50. The second kappa shape index (κ2) is 14.6. The first-order chi connectivity index (χ1) is 22.4. The number of piperidine rings is 1. The highest BCUT2D eigenvalue weighted by Gasteiger charge is 2.22.